The highest BCUT2D eigenvalue weighted by molar-refractivity contribution is 5.98. The number of pyridine rings is 1. The number of nitrogens with two attached hydrogens (primary N) is 1. The number of nitrogens with zero attached hydrogens (tertiary/aromatic N) is 2. The molecule has 4 rings (SSSR count). The number of halogens is 3. The average Bonchev–Trinajstić information content (AvgIpc) is 3.28. The number of aromatic nitrogens is 3. The summed E-state index contributed by atoms with van der Waals surface area (Å²) >= 11 is 0. The Morgan fingerprint density at radius 2 is 1.86 bits per heavy atom. The van der Waals surface area contributed by atoms with Gasteiger partial charge < -0.3 is 15.8 Å². The van der Waals surface area contributed by atoms with Gasteiger partial charge in [-0.1, -0.05) is 26.8 Å². The maximum Gasteiger partial charge on any atom is 0.267 e. The van der Waals surface area contributed by atoms with Crippen LogP contribution in [-0.4, -0.2) is 27.0 Å². The Morgan fingerprint density at radius 1 is 1.11 bits per heavy atom. The van der Waals surface area contributed by atoms with Gasteiger partial charge in [0.05, 0.1) is 23.1 Å². The fraction of sp³-hybridized carbons (Fsp3) is 0.231. The second-order valence-corrected chi connectivity index (χ2v) is 9.44. The Labute approximate surface area is 210 Å². The molecule has 0 aliphatic rings. The SMILES string of the molecule is CC(C)(C)c1cc(NC(=O)Cc2ccc(Oc3ccnc4cc(F)c(C(N)=O)cc34)c(C(F)F)c2)n[nH]1. The van der Waals surface area contributed by atoms with Crippen LogP contribution in [0.15, 0.2) is 48.7 Å². The quantitative estimate of drug-likeness (QED) is 0.306. The van der Waals surface area contributed by atoms with Gasteiger partial charge in [0.1, 0.15) is 17.3 Å². The number of benzene rings is 2. The molecule has 4 aromatic rings. The number of anilines is 1. The molecule has 0 saturated carbocycles. The van der Waals surface area contributed by atoms with Gasteiger partial charge in [-0.25, -0.2) is 13.2 Å². The van der Waals surface area contributed by atoms with Crippen molar-refractivity contribution < 1.29 is 27.5 Å². The van der Waals surface area contributed by atoms with E-state index < -0.39 is 29.6 Å². The number of hydrogen-bond donors (Lipinski definition) is 3. The number of primary amides is 1. The number of ether oxygens (including phenoxy) is 1. The summed E-state index contributed by atoms with van der Waals surface area (Å²) in [4.78, 5) is 28.1. The van der Waals surface area contributed by atoms with Gasteiger partial charge in [-0.05, 0) is 29.8 Å². The standard InChI is InChI=1S/C26H24F3N5O3/c1-26(2,3)21-12-22(34-33-21)32-23(35)9-13-4-5-19(16(8-13)24(28)29)37-20-6-7-31-18-11-17(27)14(25(30)36)10-15(18)20/h4-8,10-12,24H,9H2,1-3H3,(H2,30,36)(H2,32,33,34,35). The molecule has 37 heavy (non-hydrogen) atoms. The molecule has 2 amide bonds. The molecular weight excluding hydrogens is 487 g/mol. The summed E-state index contributed by atoms with van der Waals surface area (Å²) in [6.07, 6.45) is -1.76. The fourth-order valence-electron chi connectivity index (χ4n) is 3.65. The van der Waals surface area contributed by atoms with Gasteiger partial charge in [0.25, 0.3) is 12.3 Å². The van der Waals surface area contributed by atoms with Gasteiger partial charge in [-0.3, -0.25) is 19.7 Å². The Bertz CT molecular complexity index is 1490. The maximum atomic E-state index is 14.1. The molecule has 0 bridgehead atoms. The molecule has 0 fully saturated rings. The zero-order chi connectivity index (χ0) is 26.9. The van der Waals surface area contributed by atoms with Crippen LogP contribution in [0, 0.1) is 5.82 Å². The van der Waals surface area contributed by atoms with E-state index >= 15 is 0 Å². The van der Waals surface area contributed by atoms with Crippen molar-refractivity contribution in [2.24, 2.45) is 5.73 Å². The molecular formula is C26H24F3N5O3. The third kappa shape index (κ3) is 5.71. The first-order valence-electron chi connectivity index (χ1n) is 11.2. The van der Waals surface area contributed by atoms with Gasteiger partial charge in [-0.15, -0.1) is 0 Å². The largest absolute Gasteiger partial charge is 0.456 e. The number of hydrogen-bond acceptors (Lipinski definition) is 5. The molecule has 2 heterocycles. The number of carbonyl (C=O) groups excluding carboxylic acids is 2. The van der Waals surface area contributed by atoms with E-state index in [2.05, 4.69) is 20.5 Å². The molecule has 2 aromatic heterocycles. The first-order valence-corrected chi connectivity index (χ1v) is 11.2. The van der Waals surface area contributed by atoms with E-state index in [1.54, 1.807) is 6.07 Å². The number of aromatic amines is 1. The van der Waals surface area contributed by atoms with Gasteiger partial charge in [0.2, 0.25) is 5.91 Å². The summed E-state index contributed by atoms with van der Waals surface area (Å²) in [6.45, 7) is 5.97. The summed E-state index contributed by atoms with van der Waals surface area (Å²) in [5, 5.41) is 9.79. The summed E-state index contributed by atoms with van der Waals surface area (Å²) in [6, 6.07) is 9.29. The predicted molar refractivity (Wildman–Crippen MR) is 131 cm³/mol. The van der Waals surface area contributed by atoms with Gasteiger partial charge >= 0.3 is 0 Å². The van der Waals surface area contributed by atoms with Gasteiger partial charge in [-0.2, -0.15) is 5.10 Å². The van der Waals surface area contributed by atoms with Crippen molar-refractivity contribution in [3.8, 4) is 11.5 Å². The van der Waals surface area contributed by atoms with Crippen LogP contribution in [-0.2, 0) is 16.6 Å². The molecule has 11 heteroatoms. The van der Waals surface area contributed by atoms with Gasteiger partial charge in [0.15, 0.2) is 5.82 Å². The lowest BCUT2D eigenvalue weighted by molar-refractivity contribution is -0.115. The molecule has 0 radical (unpaired) electrons. The molecule has 0 saturated heterocycles. The number of amides is 2. The van der Waals surface area contributed by atoms with E-state index in [1.807, 2.05) is 20.8 Å². The zero-order valence-corrected chi connectivity index (χ0v) is 20.2. The van der Waals surface area contributed by atoms with E-state index in [0.717, 1.165) is 17.8 Å². The summed E-state index contributed by atoms with van der Waals surface area (Å²) in [7, 11) is 0. The molecule has 192 valence electrons. The number of rotatable bonds is 7. The molecule has 0 unspecified atom stereocenters. The van der Waals surface area contributed by atoms with Crippen LogP contribution in [0.5, 0.6) is 11.5 Å². The van der Waals surface area contributed by atoms with Crippen LogP contribution in [0.1, 0.15) is 54.4 Å². The molecule has 2 aromatic carbocycles. The van der Waals surface area contributed by atoms with Crippen molar-refractivity contribution in [2.75, 3.05) is 5.32 Å². The van der Waals surface area contributed by atoms with E-state index in [-0.39, 0.29) is 39.8 Å². The van der Waals surface area contributed by atoms with Crippen LogP contribution in [0.3, 0.4) is 0 Å². The number of alkyl halides is 2. The topological polar surface area (TPSA) is 123 Å². The highest BCUT2D eigenvalue weighted by Gasteiger charge is 2.20. The number of fused-ring (bicyclic) bond motifs is 1. The van der Waals surface area contributed by atoms with Crippen LogP contribution in [0.4, 0.5) is 19.0 Å². The molecule has 0 atom stereocenters. The van der Waals surface area contributed by atoms with Crippen molar-refractivity contribution >= 4 is 28.5 Å². The van der Waals surface area contributed by atoms with E-state index in [4.69, 9.17) is 10.5 Å². The number of nitrogens with one attached hydrogen (secondary N) is 2. The predicted octanol–water partition coefficient (Wildman–Crippen LogP) is 5.40. The van der Waals surface area contributed by atoms with Crippen LogP contribution >= 0.6 is 0 Å². The monoisotopic (exact) mass is 511 g/mol. The van der Waals surface area contributed by atoms with E-state index in [0.29, 0.717) is 11.4 Å². The van der Waals surface area contributed by atoms with E-state index in [1.165, 1.54) is 30.5 Å². The first-order chi connectivity index (χ1) is 17.4. The van der Waals surface area contributed by atoms with Crippen molar-refractivity contribution in [3.63, 3.8) is 0 Å². The fourth-order valence-corrected chi connectivity index (χ4v) is 3.65. The minimum atomic E-state index is -2.91. The number of carbonyl (C=O) groups is 2. The summed E-state index contributed by atoms with van der Waals surface area (Å²) in [5.41, 5.74) is 5.53. The Morgan fingerprint density at radius 3 is 2.51 bits per heavy atom. The first kappa shape index (κ1) is 25.7. The number of H-pyrrole nitrogens is 1. The lowest BCUT2D eigenvalue weighted by Crippen LogP contribution is -2.15. The average molecular weight is 512 g/mol. The highest BCUT2D eigenvalue weighted by atomic mass is 19.3. The lowest BCUT2D eigenvalue weighted by atomic mass is 9.92. The van der Waals surface area contributed by atoms with Crippen LogP contribution in [0.25, 0.3) is 10.9 Å². The lowest BCUT2D eigenvalue weighted by Gasteiger charge is -2.14. The summed E-state index contributed by atoms with van der Waals surface area (Å²) < 4.78 is 47.7. The minimum Gasteiger partial charge on any atom is -0.456 e. The van der Waals surface area contributed by atoms with Crippen molar-refractivity contribution in [1.29, 1.82) is 0 Å². The maximum absolute atomic E-state index is 14.1. The smallest absolute Gasteiger partial charge is 0.267 e. The molecule has 0 spiro atoms. The van der Waals surface area contributed by atoms with Gasteiger partial charge in [0, 0.05) is 34.8 Å². The third-order valence-corrected chi connectivity index (χ3v) is 5.60. The highest BCUT2D eigenvalue weighted by Crippen LogP contribution is 2.36. The van der Waals surface area contributed by atoms with E-state index in [9.17, 15) is 22.8 Å². The molecule has 0 aliphatic heterocycles. The van der Waals surface area contributed by atoms with Crippen molar-refractivity contribution in [1.82, 2.24) is 15.2 Å². The molecule has 4 N–H and O–H groups in total. The van der Waals surface area contributed by atoms with Crippen molar-refractivity contribution in [3.05, 3.63) is 76.9 Å². The minimum absolute atomic E-state index is 0.0769. The summed E-state index contributed by atoms with van der Waals surface area (Å²) in [5.74, 6) is -2.03. The van der Waals surface area contributed by atoms with Crippen molar-refractivity contribution in [2.45, 2.75) is 39.0 Å². The third-order valence-electron chi connectivity index (χ3n) is 5.60. The Kier molecular flexibility index (Phi) is 6.88. The Balaban J connectivity index is 1.57. The normalized spacial score (nSPS) is 11.6. The molecule has 8 nitrogen and oxygen atoms in total. The zero-order valence-electron chi connectivity index (χ0n) is 20.2. The van der Waals surface area contributed by atoms with Crippen LogP contribution in [0.2, 0.25) is 0 Å². The Hall–Kier alpha value is -4.41. The second kappa shape index (κ2) is 9.92. The second-order valence-electron chi connectivity index (χ2n) is 9.44. The van der Waals surface area contributed by atoms with Crippen LogP contribution < -0.4 is 15.8 Å². The molecule has 0 aliphatic carbocycles.